The Bertz CT molecular complexity index is 708. The van der Waals surface area contributed by atoms with E-state index in [1.165, 1.54) is 54.4 Å². The van der Waals surface area contributed by atoms with Gasteiger partial charge in [0.15, 0.2) is 0 Å². The van der Waals surface area contributed by atoms with E-state index in [0.717, 1.165) is 31.3 Å². The summed E-state index contributed by atoms with van der Waals surface area (Å²) >= 11 is 0. The molecule has 0 bridgehead atoms. The van der Waals surface area contributed by atoms with Crippen LogP contribution in [-0.4, -0.2) is 0 Å². The Morgan fingerprint density at radius 1 is 1.00 bits per heavy atom. The number of hydrogen-bond donors (Lipinski definition) is 0. The average molecular weight is 315 g/mol. The van der Waals surface area contributed by atoms with Crippen LogP contribution in [0.2, 0.25) is 0 Å². The quantitative estimate of drug-likeness (QED) is 0.391. The lowest BCUT2D eigenvalue weighted by molar-refractivity contribution is 0.688. The molecule has 0 aliphatic heterocycles. The van der Waals surface area contributed by atoms with Gasteiger partial charge in [-0.1, -0.05) is 49.3 Å². The van der Waals surface area contributed by atoms with Crippen molar-refractivity contribution in [3.63, 3.8) is 0 Å². The highest BCUT2D eigenvalue weighted by Gasteiger charge is 2.24. The SMILES string of the molecule is [C]#CC1=C(C2=C(C3=C(C=CC=CCC)CCC3)C=CC2)CCCC1. The second-order valence-corrected chi connectivity index (χ2v) is 6.84. The summed E-state index contributed by atoms with van der Waals surface area (Å²) in [6, 6.07) is 0. The molecule has 0 aromatic heterocycles. The van der Waals surface area contributed by atoms with Crippen LogP contribution in [0.1, 0.15) is 64.7 Å². The Morgan fingerprint density at radius 3 is 2.67 bits per heavy atom. The van der Waals surface area contributed by atoms with Crippen LogP contribution in [0.15, 0.2) is 69.9 Å². The lowest BCUT2D eigenvalue weighted by Gasteiger charge is -2.20. The van der Waals surface area contributed by atoms with Crippen molar-refractivity contribution in [3.8, 4) is 5.92 Å². The number of rotatable bonds is 5. The molecule has 0 saturated heterocycles. The molecular formula is C24H27. The molecule has 0 heteroatoms. The zero-order valence-corrected chi connectivity index (χ0v) is 14.8. The van der Waals surface area contributed by atoms with Crippen LogP contribution in [0.5, 0.6) is 0 Å². The molecule has 0 N–H and O–H groups in total. The van der Waals surface area contributed by atoms with Crippen molar-refractivity contribution in [2.24, 2.45) is 0 Å². The molecule has 0 fully saturated rings. The molecule has 24 heavy (non-hydrogen) atoms. The van der Waals surface area contributed by atoms with Gasteiger partial charge in [-0.25, -0.2) is 0 Å². The minimum Gasteiger partial charge on any atom is -0.0848 e. The van der Waals surface area contributed by atoms with Gasteiger partial charge in [0.2, 0.25) is 0 Å². The maximum absolute atomic E-state index is 7.66. The van der Waals surface area contributed by atoms with E-state index < -0.39 is 0 Å². The van der Waals surface area contributed by atoms with E-state index in [9.17, 15) is 0 Å². The molecule has 3 aliphatic rings. The predicted octanol–water partition coefficient (Wildman–Crippen LogP) is 6.71. The van der Waals surface area contributed by atoms with Crippen molar-refractivity contribution in [3.05, 3.63) is 76.3 Å². The Morgan fingerprint density at radius 2 is 1.83 bits per heavy atom. The number of hydrogen-bond acceptors (Lipinski definition) is 0. The summed E-state index contributed by atoms with van der Waals surface area (Å²) in [5.74, 6) is 2.73. The summed E-state index contributed by atoms with van der Waals surface area (Å²) in [5.41, 5.74) is 8.56. The van der Waals surface area contributed by atoms with E-state index in [0.29, 0.717) is 0 Å². The van der Waals surface area contributed by atoms with Gasteiger partial charge >= 0.3 is 0 Å². The first-order chi connectivity index (χ1) is 11.8. The van der Waals surface area contributed by atoms with Gasteiger partial charge in [0.25, 0.3) is 0 Å². The van der Waals surface area contributed by atoms with Crippen LogP contribution in [-0.2, 0) is 0 Å². The lowest BCUT2D eigenvalue weighted by Crippen LogP contribution is -2.03. The van der Waals surface area contributed by atoms with E-state index in [1.54, 1.807) is 5.57 Å². The summed E-state index contributed by atoms with van der Waals surface area (Å²) in [6.45, 7) is 2.17. The van der Waals surface area contributed by atoms with Crippen molar-refractivity contribution < 1.29 is 0 Å². The van der Waals surface area contributed by atoms with Gasteiger partial charge in [-0.15, -0.1) is 0 Å². The van der Waals surface area contributed by atoms with E-state index in [2.05, 4.69) is 49.3 Å². The molecule has 0 spiro atoms. The summed E-state index contributed by atoms with van der Waals surface area (Å²) in [5, 5.41) is 0. The molecule has 1 radical (unpaired) electrons. The molecule has 123 valence electrons. The maximum atomic E-state index is 7.66. The third-order valence-corrected chi connectivity index (χ3v) is 5.28. The summed E-state index contributed by atoms with van der Waals surface area (Å²) < 4.78 is 0. The lowest BCUT2D eigenvalue weighted by atomic mass is 9.84. The fourth-order valence-electron chi connectivity index (χ4n) is 4.09. The molecule has 0 aromatic carbocycles. The van der Waals surface area contributed by atoms with Crippen molar-refractivity contribution in [1.29, 1.82) is 0 Å². The van der Waals surface area contributed by atoms with Gasteiger partial charge in [-0.2, -0.15) is 0 Å². The number of allylic oxidation sites excluding steroid dienone is 12. The summed E-state index contributed by atoms with van der Waals surface area (Å²) in [6.07, 6.45) is 31.5. The van der Waals surface area contributed by atoms with Gasteiger partial charge in [0.05, 0.1) is 0 Å². The normalized spacial score (nSPS) is 21.8. The fourth-order valence-corrected chi connectivity index (χ4v) is 4.09. The Balaban J connectivity index is 1.97. The maximum Gasteiger partial charge on any atom is 0.00656 e. The minimum absolute atomic E-state index is 1.03. The standard InChI is InChI=1S/C24H27/c1-3-5-6-7-13-20-14-10-16-22(20)24-18-11-17-23(24)21-15-9-8-12-19(21)4-2/h5-7,11,13,18H,3,8-10,12,14-17H2,1H3. The molecule has 0 unspecified atom stereocenters. The fraction of sp³-hybridized carbons (Fsp3) is 0.417. The third-order valence-electron chi connectivity index (χ3n) is 5.28. The smallest absolute Gasteiger partial charge is 0.00656 e. The first-order valence-corrected chi connectivity index (χ1v) is 9.45. The molecular weight excluding hydrogens is 288 g/mol. The molecule has 3 rings (SSSR count). The zero-order valence-electron chi connectivity index (χ0n) is 14.8. The van der Waals surface area contributed by atoms with Crippen molar-refractivity contribution in [1.82, 2.24) is 0 Å². The van der Waals surface area contributed by atoms with Gasteiger partial charge < -0.3 is 0 Å². The second-order valence-electron chi connectivity index (χ2n) is 6.84. The van der Waals surface area contributed by atoms with Crippen LogP contribution in [0.4, 0.5) is 0 Å². The molecule has 0 aromatic rings. The Labute approximate surface area is 147 Å². The minimum atomic E-state index is 1.03. The highest BCUT2D eigenvalue weighted by atomic mass is 14.3. The van der Waals surface area contributed by atoms with Crippen LogP contribution >= 0.6 is 0 Å². The van der Waals surface area contributed by atoms with Crippen LogP contribution in [0.25, 0.3) is 0 Å². The van der Waals surface area contributed by atoms with Crippen LogP contribution in [0.3, 0.4) is 0 Å². The first kappa shape index (κ1) is 16.8. The molecule has 3 aliphatic carbocycles. The summed E-state index contributed by atoms with van der Waals surface area (Å²) in [7, 11) is 0. The largest absolute Gasteiger partial charge is 0.0848 e. The third kappa shape index (κ3) is 3.57. The second kappa shape index (κ2) is 8.20. The molecule has 0 amide bonds. The average Bonchev–Trinajstić information content (AvgIpc) is 3.27. The topological polar surface area (TPSA) is 0 Å². The predicted molar refractivity (Wildman–Crippen MR) is 103 cm³/mol. The van der Waals surface area contributed by atoms with E-state index >= 15 is 0 Å². The van der Waals surface area contributed by atoms with E-state index in [1.807, 2.05) is 0 Å². The van der Waals surface area contributed by atoms with Gasteiger partial charge in [-0.3, -0.25) is 0 Å². The zero-order chi connectivity index (χ0) is 16.8. The molecule has 0 nitrogen and oxygen atoms in total. The Kier molecular flexibility index (Phi) is 5.76. The van der Waals surface area contributed by atoms with Crippen LogP contribution < -0.4 is 0 Å². The van der Waals surface area contributed by atoms with Gasteiger partial charge in [0.1, 0.15) is 0 Å². The van der Waals surface area contributed by atoms with Gasteiger partial charge in [0, 0.05) is 5.57 Å². The van der Waals surface area contributed by atoms with Crippen molar-refractivity contribution in [2.75, 3.05) is 0 Å². The highest BCUT2D eigenvalue weighted by molar-refractivity contribution is 5.60. The van der Waals surface area contributed by atoms with E-state index in [-0.39, 0.29) is 0 Å². The first-order valence-electron chi connectivity index (χ1n) is 9.45. The van der Waals surface area contributed by atoms with E-state index in [4.69, 9.17) is 6.42 Å². The highest BCUT2D eigenvalue weighted by Crippen LogP contribution is 2.42. The summed E-state index contributed by atoms with van der Waals surface area (Å²) in [4.78, 5) is 0. The Hall–Kier alpha value is -2.00. The van der Waals surface area contributed by atoms with Gasteiger partial charge in [-0.05, 0) is 92.1 Å². The molecule has 0 heterocycles. The van der Waals surface area contributed by atoms with Crippen molar-refractivity contribution in [2.45, 2.75) is 64.7 Å². The molecule has 0 atom stereocenters. The monoisotopic (exact) mass is 315 g/mol. The molecule has 0 saturated carbocycles. The van der Waals surface area contributed by atoms with Crippen LogP contribution in [0, 0.1) is 12.3 Å². The van der Waals surface area contributed by atoms with Crippen molar-refractivity contribution >= 4 is 0 Å².